The minimum absolute atomic E-state index is 0.330. The second kappa shape index (κ2) is 5.27. The summed E-state index contributed by atoms with van der Waals surface area (Å²) in [4.78, 5) is 0. The average Bonchev–Trinajstić information content (AvgIpc) is 2.14. The van der Waals surface area contributed by atoms with Crippen molar-refractivity contribution in [3.63, 3.8) is 0 Å². The molecule has 1 N–H and O–H groups in total. The molecule has 0 radical (unpaired) electrons. The highest BCUT2D eigenvalue weighted by atomic mass is 32.2. The molecule has 1 heterocycles. The highest BCUT2D eigenvalue weighted by Crippen LogP contribution is 2.13. The maximum Gasteiger partial charge on any atom is 0.211 e. The van der Waals surface area contributed by atoms with E-state index >= 15 is 0 Å². The molecule has 1 aliphatic heterocycles. The minimum Gasteiger partial charge on any atom is -0.312 e. The summed E-state index contributed by atoms with van der Waals surface area (Å²) in [7, 11) is -3.00. The molecule has 0 bridgehead atoms. The zero-order chi connectivity index (χ0) is 11.5. The summed E-state index contributed by atoms with van der Waals surface area (Å²) < 4.78 is 24.3. The lowest BCUT2D eigenvalue weighted by Crippen LogP contribution is -2.48. The Bertz CT molecular complexity index is 288. The van der Waals surface area contributed by atoms with Crippen molar-refractivity contribution in [3.05, 3.63) is 0 Å². The van der Waals surface area contributed by atoms with E-state index < -0.39 is 10.0 Å². The summed E-state index contributed by atoms with van der Waals surface area (Å²) in [5.41, 5.74) is 0. The normalized spacial score (nSPS) is 24.7. The molecule has 90 valence electrons. The van der Waals surface area contributed by atoms with Crippen LogP contribution < -0.4 is 5.32 Å². The van der Waals surface area contributed by atoms with Gasteiger partial charge in [0.1, 0.15) is 0 Å². The molecule has 1 rings (SSSR count). The first-order chi connectivity index (χ1) is 6.89. The number of sulfonamides is 1. The summed E-state index contributed by atoms with van der Waals surface area (Å²) >= 11 is 0. The number of hydrogen-bond donors (Lipinski definition) is 1. The topological polar surface area (TPSA) is 49.4 Å². The van der Waals surface area contributed by atoms with E-state index in [2.05, 4.69) is 19.2 Å². The molecule has 0 aromatic heterocycles. The predicted molar refractivity (Wildman–Crippen MR) is 62.3 cm³/mol. The molecule has 0 saturated carbocycles. The van der Waals surface area contributed by atoms with E-state index in [0.29, 0.717) is 25.0 Å². The Morgan fingerprint density at radius 1 is 1.47 bits per heavy atom. The van der Waals surface area contributed by atoms with Gasteiger partial charge in [-0.3, -0.25) is 0 Å². The third-order valence-corrected chi connectivity index (χ3v) is 3.94. The van der Waals surface area contributed by atoms with Crippen LogP contribution in [-0.2, 0) is 10.0 Å². The fourth-order valence-corrected chi connectivity index (χ4v) is 2.72. The number of piperidine rings is 1. The van der Waals surface area contributed by atoms with Gasteiger partial charge in [0.15, 0.2) is 0 Å². The number of rotatable bonds is 4. The lowest BCUT2D eigenvalue weighted by molar-refractivity contribution is 0.279. The number of nitrogens with zero attached hydrogens (tertiary/aromatic N) is 1. The number of hydrogen-bond acceptors (Lipinski definition) is 3. The van der Waals surface area contributed by atoms with Crippen molar-refractivity contribution in [3.8, 4) is 0 Å². The lowest BCUT2D eigenvalue weighted by atomic mass is 10.1. The molecule has 4 nitrogen and oxygen atoms in total. The molecule has 0 spiro atoms. The maximum absolute atomic E-state index is 11.4. The quantitative estimate of drug-likeness (QED) is 0.777. The van der Waals surface area contributed by atoms with Crippen LogP contribution in [-0.4, -0.2) is 44.7 Å². The van der Waals surface area contributed by atoms with Gasteiger partial charge in [-0.2, -0.15) is 0 Å². The Balaban J connectivity index is 2.43. The first-order valence-corrected chi connectivity index (χ1v) is 7.43. The monoisotopic (exact) mass is 234 g/mol. The summed E-state index contributed by atoms with van der Waals surface area (Å²) in [5, 5.41) is 3.42. The van der Waals surface area contributed by atoms with Gasteiger partial charge in [0, 0.05) is 19.1 Å². The van der Waals surface area contributed by atoms with Crippen LogP contribution in [0.3, 0.4) is 0 Å². The first kappa shape index (κ1) is 12.9. The zero-order valence-corrected chi connectivity index (χ0v) is 10.7. The van der Waals surface area contributed by atoms with E-state index in [1.54, 1.807) is 4.31 Å². The van der Waals surface area contributed by atoms with E-state index in [-0.39, 0.29) is 0 Å². The zero-order valence-electron chi connectivity index (χ0n) is 9.86. The average molecular weight is 234 g/mol. The number of nitrogens with one attached hydrogen (secondary N) is 1. The molecule has 0 aromatic rings. The summed E-state index contributed by atoms with van der Waals surface area (Å²) in [6, 6.07) is 0.330. The van der Waals surface area contributed by atoms with E-state index in [4.69, 9.17) is 0 Å². The predicted octanol–water partition coefficient (Wildman–Crippen LogP) is 0.656. The van der Waals surface area contributed by atoms with E-state index in [0.717, 1.165) is 19.4 Å². The van der Waals surface area contributed by atoms with E-state index in [9.17, 15) is 8.42 Å². The van der Waals surface area contributed by atoms with Gasteiger partial charge < -0.3 is 5.32 Å². The molecule has 1 fully saturated rings. The van der Waals surface area contributed by atoms with E-state index in [1.807, 2.05) is 0 Å². The largest absolute Gasteiger partial charge is 0.312 e. The molecule has 1 unspecified atom stereocenters. The Labute approximate surface area is 93.1 Å². The van der Waals surface area contributed by atoms with Crippen molar-refractivity contribution in [1.29, 1.82) is 0 Å². The SMILES string of the molecule is CC(C)CNC1CCCN(S(C)(=O)=O)C1. The molecule has 0 amide bonds. The molecular weight excluding hydrogens is 212 g/mol. The molecule has 1 atom stereocenters. The Morgan fingerprint density at radius 3 is 2.67 bits per heavy atom. The van der Waals surface area contributed by atoms with E-state index in [1.165, 1.54) is 6.26 Å². The van der Waals surface area contributed by atoms with Crippen molar-refractivity contribution >= 4 is 10.0 Å². The van der Waals surface area contributed by atoms with Crippen molar-refractivity contribution in [1.82, 2.24) is 9.62 Å². The highest BCUT2D eigenvalue weighted by Gasteiger charge is 2.25. The highest BCUT2D eigenvalue weighted by molar-refractivity contribution is 7.88. The Kier molecular flexibility index (Phi) is 4.55. The van der Waals surface area contributed by atoms with Crippen LogP contribution in [0.1, 0.15) is 26.7 Å². The molecule has 15 heavy (non-hydrogen) atoms. The van der Waals surface area contributed by atoms with Crippen LogP contribution in [0.15, 0.2) is 0 Å². The Hall–Kier alpha value is -0.130. The van der Waals surface area contributed by atoms with Crippen LogP contribution in [0.2, 0.25) is 0 Å². The van der Waals surface area contributed by atoms with Crippen LogP contribution in [0, 0.1) is 5.92 Å². The van der Waals surface area contributed by atoms with Crippen LogP contribution in [0.25, 0.3) is 0 Å². The van der Waals surface area contributed by atoms with Crippen molar-refractivity contribution in [2.75, 3.05) is 25.9 Å². The van der Waals surface area contributed by atoms with Crippen LogP contribution in [0.4, 0.5) is 0 Å². The summed E-state index contributed by atoms with van der Waals surface area (Å²) in [6.45, 7) is 6.58. The standard InChI is InChI=1S/C10H22N2O2S/c1-9(2)7-11-10-5-4-6-12(8-10)15(3,13)14/h9-11H,4-8H2,1-3H3. The minimum atomic E-state index is -3.00. The Morgan fingerprint density at radius 2 is 2.13 bits per heavy atom. The van der Waals surface area contributed by atoms with Crippen molar-refractivity contribution in [2.45, 2.75) is 32.7 Å². The van der Waals surface area contributed by atoms with Gasteiger partial charge in [-0.1, -0.05) is 13.8 Å². The third-order valence-electron chi connectivity index (χ3n) is 2.67. The summed E-state index contributed by atoms with van der Waals surface area (Å²) in [6.07, 6.45) is 3.33. The van der Waals surface area contributed by atoms with Gasteiger partial charge >= 0.3 is 0 Å². The van der Waals surface area contributed by atoms with Crippen molar-refractivity contribution in [2.24, 2.45) is 5.92 Å². The van der Waals surface area contributed by atoms with Gasteiger partial charge in [-0.25, -0.2) is 12.7 Å². The molecule has 1 saturated heterocycles. The third kappa shape index (κ3) is 4.49. The molecule has 5 heteroatoms. The van der Waals surface area contributed by atoms with Crippen LogP contribution >= 0.6 is 0 Å². The van der Waals surface area contributed by atoms with Gasteiger partial charge in [0.2, 0.25) is 10.0 Å². The van der Waals surface area contributed by atoms with Gasteiger partial charge in [-0.15, -0.1) is 0 Å². The van der Waals surface area contributed by atoms with Gasteiger partial charge in [-0.05, 0) is 25.3 Å². The maximum atomic E-state index is 11.4. The van der Waals surface area contributed by atoms with Crippen molar-refractivity contribution < 1.29 is 8.42 Å². The molecule has 1 aliphatic rings. The second-order valence-electron chi connectivity index (χ2n) is 4.76. The molecule has 0 aliphatic carbocycles. The first-order valence-electron chi connectivity index (χ1n) is 5.58. The summed E-state index contributed by atoms with van der Waals surface area (Å²) in [5.74, 6) is 0.610. The van der Waals surface area contributed by atoms with Gasteiger partial charge in [0.05, 0.1) is 6.26 Å². The van der Waals surface area contributed by atoms with Gasteiger partial charge in [0.25, 0.3) is 0 Å². The van der Waals surface area contributed by atoms with Crippen LogP contribution in [0.5, 0.6) is 0 Å². The second-order valence-corrected chi connectivity index (χ2v) is 6.74. The fourth-order valence-electron chi connectivity index (χ4n) is 1.81. The lowest BCUT2D eigenvalue weighted by Gasteiger charge is -2.31. The fraction of sp³-hybridized carbons (Fsp3) is 1.00. The molecular formula is C10H22N2O2S. The smallest absolute Gasteiger partial charge is 0.211 e. The molecule has 0 aromatic carbocycles.